The smallest absolute Gasteiger partial charge is 0.132 e. The number of nitriles is 1. The quantitative estimate of drug-likeness (QED) is 0.785. The van der Waals surface area contributed by atoms with E-state index in [9.17, 15) is 4.39 Å². The zero-order valence-electron chi connectivity index (χ0n) is 8.99. The second kappa shape index (κ2) is 4.44. The van der Waals surface area contributed by atoms with Crippen LogP contribution in [0.5, 0.6) is 0 Å². The lowest BCUT2D eigenvalue weighted by Gasteiger charge is -2.06. The molecule has 0 aliphatic rings. The van der Waals surface area contributed by atoms with Crippen LogP contribution in [0.2, 0.25) is 0 Å². The van der Waals surface area contributed by atoms with Gasteiger partial charge in [-0.25, -0.2) is 9.37 Å². The van der Waals surface area contributed by atoms with Crippen LogP contribution in [0.4, 0.5) is 4.39 Å². The van der Waals surface area contributed by atoms with Crippen molar-refractivity contribution >= 4 is 12.2 Å². The van der Waals surface area contributed by atoms with E-state index in [1.165, 1.54) is 18.5 Å². The first-order chi connectivity index (χ1) is 8.11. The van der Waals surface area contributed by atoms with E-state index in [1.54, 1.807) is 13.0 Å². The fourth-order valence-corrected chi connectivity index (χ4v) is 1.72. The van der Waals surface area contributed by atoms with Crippen molar-refractivity contribution in [2.45, 2.75) is 6.92 Å². The molecule has 0 radical (unpaired) electrons. The van der Waals surface area contributed by atoms with Gasteiger partial charge in [0, 0.05) is 11.1 Å². The number of aromatic nitrogens is 2. The summed E-state index contributed by atoms with van der Waals surface area (Å²) in [7, 11) is 0. The van der Waals surface area contributed by atoms with Crippen molar-refractivity contribution in [2.24, 2.45) is 0 Å². The topological polar surface area (TPSA) is 52.5 Å². The molecule has 0 saturated heterocycles. The highest BCUT2D eigenvalue weighted by atomic mass is 32.1. The Hall–Kier alpha value is -2.06. The van der Waals surface area contributed by atoms with E-state index >= 15 is 0 Å². The van der Waals surface area contributed by atoms with Gasteiger partial charge in [0.15, 0.2) is 0 Å². The lowest BCUT2D eigenvalue weighted by molar-refractivity contribution is 0.628. The minimum Gasteiger partial charge on any atom is -0.346 e. The Morgan fingerprint density at radius 1 is 1.41 bits per heavy atom. The van der Waals surface area contributed by atoms with Gasteiger partial charge in [0.2, 0.25) is 0 Å². The molecule has 0 bridgehead atoms. The number of hydrogen-bond acceptors (Lipinski definition) is 3. The first kappa shape index (κ1) is 11.4. The molecule has 1 heterocycles. The number of halogens is 1. The third-order valence-corrected chi connectivity index (χ3v) is 2.81. The van der Waals surface area contributed by atoms with E-state index in [0.29, 0.717) is 15.9 Å². The SMILES string of the molecule is Cc1c(-c2cc(F)cc(C#N)c2)[nH]cnc1=S. The van der Waals surface area contributed by atoms with Crippen LogP contribution >= 0.6 is 12.2 Å². The second-order valence-corrected chi connectivity index (χ2v) is 3.93. The van der Waals surface area contributed by atoms with E-state index in [-0.39, 0.29) is 5.56 Å². The molecule has 0 amide bonds. The maximum Gasteiger partial charge on any atom is 0.132 e. The molecule has 3 nitrogen and oxygen atoms in total. The summed E-state index contributed by atoms with van der Waals surface area (Å²) in [4.78, 5) is 6.85. The van der Waals surface area contributed by atoms with E-state index in [2.05, 4.69) is 9.97 Å². The van der Waals surface area contributed by atoms with Gasteiger partial charge >= 0.3 is 0 Å². The molecule has 17 heavy (non-hydrogen) atoms. The van der Waals surface area contributed by atoms with Crippen molar-refractivity contribution < 1.29 is 4.39 Å². The van der Waals surface area contributed by atoms with Gasteiger partial charge in [-0.3, -0.25) is 0 Å². The molecule has 0 saturated carbocycles. The first-order valence-electron chi connectivity index (χ1n) is 4.87. The zero-order valence-corrected chi connectivity index (χ0v) is 9.81. The molecule has 84 valence electrons. The average molecular weight is 245 g/mol. The van der Waals surface area contributed by atoms with Crippen LogP contribution in [0.15, 0.2) is 24.5 Å². The second-order valence-electron chi connectivity index (χ2n) is 3.55. The number of aromatic amines is 1. The van der Waals surface area contributed by atoms with Crippen LogP contribution in [-0.2, 0) is 0 Å². The summed E-state index contributed by atoms with van der Waals surface area (Å²) in [5.74, 6) is -0.449. The Labute approximate surface area is 103 Å². The van der Waals surface area contributed by atoms with E-state index < -0.39 is 5.82 Å². The summed E-state index contributed by atoms with van der Waals surface area (Å²) in [5, 5.41) is 8.80. The number of benzene rings is 1. The third kappa shape index (κ3) is 2.22. The molecule has 0 aliphatic carbocycles. The molecule has 1 N–H and O–H groups in total. The number of nitrogens with one attached hydrogen (secondary N) is 1. The van der Waals surface area contributed by atoms with Crippen LogP contribution in [0, 0.1) is 28.7 Å². The lowest BCUT2D eigenvalue weighted by Crippen LogP contribution is -1.93. The molecule has 0 atom stereocenters. The van der Waals surface area contributed by atoms with E-state index in [4.69, 9.17) is 17.5 Å². The van der Waals surface area contributed by atoms with Gasteiger partial charge < -0.3 is 4.98 Å². The highest BCUT2D eigenvalue weighted by molar-refractivity contribution is 7.71. The Bertz CT molecular complexity index is 670. The highest BCUT2D eigenvalue weighted by Gasteiger charge is 2.07. The summed E-state index contributed by atoms with van der Waals surface area (Å²) < 4.78 is 13.8. The highest BCUT2D eigenvalue weighted by Crippen LogP contribution is 2.22. The molecule has 0 unspecified atom stereocenters. The van der Waals surface area contributed by atoms with Crippen LogP contribution in [0.3, 0.4) is 0 Å². The van der Waals surface area contributed by atoms with Gasteiger partial charge in [-0.1, -0.05) is 12.2 Å². The summed E-state index contributed by atoms with van der Waals surface area (Å²) in [6.45, 7) is 1.80. The van der Waals surface area contributed by atoms with Crippen LogP contribution in [-0.4, -0.2) is 9.97 Å². The van der Waals surface area contributed by atoms with Crippen molar-refractivity contribution in [3.05, 3.63) is 46.1 Å². The van der Waals surface area contributed by atoms with E-state index in [1.807, 2.05) is 6.07 Å². The number of H-pyrrole nitrogens is 1. The van der Waals surface area contributed by atoms with Crippen molar-refractivity contribution in [3.8, 4) is 17.3 Å². The van der Waals surface area contributed by atoms with Crippen molar-refractivity contribution in [3.63, 3.8) is 0 Å². The summed E-state index contributed by atoms with van der Waals surface area (Å²) in [5.41, 5.74) is 2.31. The van der Waals surface area contributed by atoms with Crippen LogP contribution in [0.1, 0.15) is 11.1 Å². The van der Waals surface area contributed by atoms with Gasteiger partial charge in [0.25, 0.3) is 0 Å². The first-order valence-corrected chi connectivity index (χ1v) is 5.28. The largest absolute Gasteiger partial charge is 0.346 e. The Morgan fingerprint density at radius 3 is 2.88 bits per heavy atom. The van der Waals surface area contributed by atoms with Crippen LogP contribution < -0.4 is 0 Å². The van der Waals surface area contributed by atoms with E-state index in [0.717, 1.165) is 5.56 Å². The molecule has 1 aromatic carbocycles. The summed E-state index contributed by atoms with van der Waals surface area (Å²) in [6, 6.07) is 6.07. The van der Waals surface area contributed by atoms with Crippen molar-refractivity contribution in [2.75, 3.05) is 0 Å². The minimum atomic E-state index is -0.449. The fraction of sp³-hybridized carbons (Fsp3) is 0.0833. The predicted octanol–water partition coefficient (Wildman–Crippen LogP) is 3.13. The monoisotopic (exact) mass is 245 g/mol. The molecule has 0 fully saturated rings. The number of hydrogen-bond donors (Lipinski definition) is 1. The van der Waals surface area contributed by atoms with Gasteiger partial charge in [-0.2, -0.15) is 5.26 Å². The predicted molar refractivity (Wildman–Crippen MR) is 64.3 cm³/mol. The molecule has 0 spiro atoms. The van der Waals surface area contributed by atoms with Crippen molar-refractivity contribution in [1.82, 2.24) is 9.97 Å². The third-order valence-electron chi connectivity index (χ3n) is 2.40. The lowest BCUT2D eigenvalue weighted by atomic mass is 10.1. The Morgan fingerprint density at radius 2 is 2.18 bits per heavy atom. The van der Waals surface area contributed by atoms with Crippen LogP contribution in [0.25, 0.3) is 11.3 Å². The fourth-order valence-electron chi connectivity index (χ4n) is 1.57. The summed E-state index contributed by atoms with van der Waals surface area (Å²) >= 11 is 5.04. The average Bonchev–Trinajstić information content (AvgIpc) is 2.31. The minimum absolute atomic E-state index is 0.274. The molecular formula is C12H8FN3S. The molecule has 5 heteroatoms. The van der Waals surface area contributed by atoms with Gasteiger partial charge in [-0.15, -0.1) is 0 Å². The normalized spacial score (nSPS) is 9.94. The molecule has 2 aromatic rings. The molecule has 2 rings (SSSR count). The molecule has 1 aromatic heterocycles. The Balaban J connectivity index is 2.69. The maximum absolute atomic E-state index is 13.3. The molecular weight excluding hydrogens is 237 g/mol. The number of nitrogens with zero attached hydrogens (tertiary/aromatic N) is 2. The molecule has 0 aliphatic heterocycles. The zero-order chi connectivity index (χ0) is 12.4. The maximum atomic E-state index is 13.3. The number of rotatable bonds is 1. The van der Waals surface area contributed by atoms with Gasteiger partial charge in [0.1, 0.15) is 10.5 Å². The van der Waals surface area contributed by atoms with Gasteiger partial charge in [0.05, 0.1) is 23.7 Å². The Kier molecular flexibility index (Phi) is 2.98. The van der Waals surface area contributed by atoms with Gasteiger partial charge in [-0.05, 0) is 25.1 Å². The standard InChI is InChI=1S/C12H8FN3S/c1-7-11(15-6-16-12(7)17)9-2-8(5-14)3-10(13)4-9/h2-4,6H,1H3,(H,15,16,17). The summed E-state index contributed by atoms with van der Waals surface area (Å²) in [6.07, 6.45) is 1.46. The van der Waals surface area contributed by atoms with Crippen molar-refractivity contribution in [1.29, 1.82) is 5.26 Å².